The lowest BCUT2D eigenvalue weighted by atomic mass is 10.1. The lowest BCUT2D eigenvalue weighted by molar-refractivity contribution is 0.831. The molecule has 2 aromatic rings. The van der Waals surface area contributed by atoms with Crippen LogP contribution in [0.2, 0.25) is 0 Å². The maximum atomic E-state index is 5.87. The largest absolute Gasteiger partial charge is 0.250 e. The number of hydrogen-bond donors (Lipinski definition) is 0. The maximum absolute atomic E-state index is 5.87. The van der Waals surface area contributed by atoms with Crippen LogP contribution >= 0.6 is 69.6 Å². The van der Waals surface area contributed by atoms with Crippen molar-refractivity contribution in [2.45, 2.75) is 21.4 Å². The standard InChI is InChI=1S/C15H11Cl6N3/c1-8-5-3-4-6-10(8)7-9(2)11-22-12(14(16,17)18)24-13(23-11)15(19,20)21/h3-7H,1-2H3/b9-7+. The molecule has 9 heteroatoms. The van der Waals surface area contributed by atoms with Gasteiger partial charge in [0.25, 0.3) is 0 Å². The SMILES string of the molecule is C/C(=C\c1ccccc1C)c1nc(C(Cl)(Cl)Cl)nc(C(Cl)(Cl)Cl)n1. The number of hydrogen-bond acceptors (Lipinski definition) is 3. The number of aromatic nitrogens is 3. The van der Waals surface area contributed by atoms with Crippen LogP contribution in [0, 0.1) is 6.92 Å². The van der Waals surface area contributed by atoms with Gasteiger partial charge in [-0.1, -0.05) is 93.9 Å². The van der Waals surface area contributed by atoms with Crippen molar-refractivity contribution < 1.29 is 0 Å². The lowest BCUT2D eigenvalue weighted by Gasteiger charge is -2.15. The molecule has 1 aromatic carbocycles. The third-order valence-electron chi connectivity index (χ3n) is 3.06. The first-order valence-corrected chi connectivity index (χ1v) is 8.90. The van der Waals surface area contributed by atoms with Crippen LogP contribution in [0.5, 0.6) is 0 Å². The first-order chi connectivity index (χ1) is 11.0. The predicted molar refractivity (Wildman–Crippen MR) is 103 cm³/mol. The van der Waals surface area contributed by atoms with Crippen molar-refractivity contribution in [2.24, 2.45) is 0 Å². The summed E-state index contributed by atoms with van der Waals surface area (Å²) in [7, 11) is 0. The Bertz CT molecular complexity index is 745. The van der Waals surface area contributed by atoms with Crippen molar-refractivity contribution >= 4 is 81.3 Å². The highest BCUT2D eigenvalue weighted by Gasteiger charge is 2.33. The van der Waals surface area contributed by atoms with Crippen LogP contribution in [0.4, 0.5) is 0 Å². The van der Waals surface area contributed by atoms with Crippen LogP contribution in [-0.4, -0.2) is 15.0 Å². The minimum Gasteiger partial charge on any atom is -0.209 e. The lowest BCUT2D eigenvalue weighted by Crippen LogP contribution is -2.17. The quantitative estimate of drug-likeness (QED) is 0.502. The smallest absolute Gasteiger partial charge is 0.209 e. The predicted octanol–water partition coefficient (Wildman–Crippen LogP) is 6.39. The van der Waals surface area contributed by atoms with E-state index in [2.05, 4.69) is 15.0 Å². The van der Waals surface area contributed by atoms with E-state index in [9.17, 15) is 0 Å². The number of rotatable bonds is 2. The van der Waals surface area contributed by atoms with E-state index < -0.39 is 7.59 Å². The molecule has 0 aliphatic rings. The zero-order chi connectivity index (χ0) is 18.1. The van der Waals surface area contributed by atoms with E-state index in [1.165, 1.54) is 0 Å². The van der Waals surface area contributed by atoms with Gasteiger partial charge in [-0.15, -0.1) is 0 Å². The average molecular weight is 446 g/mol. The van der Waals surface area contributed by atoms with E-state index in [0.717, 1.165) is 11.1 Å². The Hall–Kier alpha value is -0.290. The summed E-state index contributed by atoms with van der Waals surface area (Å²) in [5.41, 5.74) is 2.80. The van der Waals surface area contributed by atoms with Crippen molar-refractivity contribution in [3.63, 3.8) is 0 Å². The molecule has 0 fully saturated rings. The molecule has 0 saturated carbocycles. The average Bonchev–Trinajstić information content (AvgIpc) is 2.47. The minimum atomic E-state index is -1.87. The van der Waals surface area contributed by atoms with Gasteiger partial charge in [0.2, 0.25) is 7.59 Å². The van der Waals surface area contributed by atoms with Gasteiger partial charge in [0.15, 0.2) is 17.5 Å². The van der Waals surface area contributed by atoms with Gasteiger partial charge >= 0.3 is 0 Å². The minimum absolute atomic E-state index is 0.114. The number of alkyl halides is 6. The van der Waals surface area contributed by atoms with Gasteiger partial charge in [-0.05, 0) is 36.6 Å². The second-order valence-corrected chi connectivity index (χ2v) is 9.55. The van der Waals surface area contributed by atoms with E-state index in [4.69, 9.17) is 69.6 Å². The molecule has 1 aromatic heterocycles. The molecule has 128 valence electrons. The Kier molecular flexibility index (Phi) is 6.28. The molecule has 0 aliphatic carbocycles. The number of allylic oxidation sites excluding steroid dienone is 1. The first kappa shape index (κ1) is 20.0. The van der Waals surface area contributed by atoms with Crippen molar-refractivity contribution in [3.05, 3.63) is 52.9 Å². The molecule has 3 nitrogen and oxygen atoms in total. The Morgan fingerprint density at radius 3 is 1.83 bits per heavy atom. The Balaban J connectivity index is 2.59. The van der Waals surface area contributed by atoms with E-state index in [-0.39, 0.29) is 17.5 Å². The Labute approximate surface area is 169 Å². The summed E-state index contributed by atoms with van der Waals surface area (Å²) in [5.74, 6) is 0.0311. The van der Waals surface area contributed by atoms with Crippen LogP contribution in [0.15, 0.2) is 24.3 Å². The van der Waals surface area contributed by atoms with Gasteiger partial charge in [-0.25, -0.2) is 15.0 Å². The number of aryl methyl sites for hydroxylation is 1. The summed E-state index contributed by atoms with van der Waals surface area (Å²) in [6, 6.07) is 7.84. The maximum Gasteiger partial charge on any atom is 0.250 e. The molecule has 1 heterocycles. The normalized spacial score (nSPS) is 13.2. The molecule has 0 aliphatic heterocycles. The fourth-order valence-corrected chi connectivity index (χ4v) is 2.36. The van der Waals surface area contributed by atoms with E-state index in [1.807, 2.05) is 44.2 Å². The molecule has 0 atom stereocenters. The Morgan fingerprint density at radius 2 is 1.38 bits per heavy atom. The number of nitrogens with zero attached hydrogens (tertiary/aromatic N) is 3. The fraction of sp³-hybridized carbons (Fsp3) is 0.267. The van der Waals surface area contributed by atoms with Crippen LogP contribution in [0.25, 0.3) is 11.6 Å². The third-order valence-corrected chi connectivity index (χ3v) is 4.07. The van der Waals surface area contributed by atoms with Crippen molar-refractivity contribution in [1.29, 1.82) is 0 Å². The highest BCUT2D eigenvalue weighted by Crippen LogP contribution is 2.40. The zero-order valence-electron chi connectivity index (χ0n) is 12.5. The molecule has 0 spiro atoms. The molecular formula is C15H11Cl6N3. The molecule has 0 bridgehead atoms. The van der Waals surface area contributed by atoms with Crippen LogP contribution in [0.3, 0.4) is 0 Å². The molecule has 0 saturated heterocycles. The molecule has 2 rings (SSSR count). The zero-order valence-corrected chi connectivity index (χ0v) is 17.0. The highest BCUT2D eigenvalue weighted by molar-refractivity contribution is 6.67. The van der Waals surface area contributed by atoms with Gasteiger partial charge in [-0.2, -0.15) is 0 Å². The second kappa shape index (κ2) is 7.53. The van der Waals surface area contributed by atoms with Gasteiger partial charge < -0.3 is 0 Å². The molecule has 0 amide bonds. The number of halogens is 6. The summed E-state index contributed by atoms with van der Waals surface area (Å²) in [5, 5.41) is 0. The molecule has 0 radical (unpaired) electrons. The van der Waals surface area contributed by atoms with Gasteiger partial charge in [0, 0.05) is 0 Å². The topological polar surface area (TPSA) is 38.7 Å². The van der Waals surface area contributed by atoms with Crippen LogP contribution in [0.1, 0.15) is 35.5 Å². The van der Waals surface area contributed by atoms with Crippen molar-refractivity contribution in [2.75, 3.05) is 0 Å². The highest BCUT2D eigenvalue weighted by atomic mass is 35.6. The molecular weight excluding hydrogens is 435 g/mol. The van der Waals surface area contributed by atoms with Crippen molar-refractivity contribution in [1.82, 2.24) is 15.0 Å². The molecule has 24 heavy (non-hydrogen) atoms. The monoisotopic (exact) mass is 443 g/mol. The van der Waals surface area contributed by atoms with E-state index in [1.54, 1.807) is 0 Å². The van der Waals surface area contributed by atoms with E-state index >= 15 is 0 Å². The summed E-state index contributed by atoms with van der Waals surface area (Å²) in [6.45, 7) is 3.80. The van der Waals surface area contributed by atoms with E-state index in [0.29, 0.717) is 5.57 Å². The number of benzene rings is 1. The second-order valence-electron chi connectivity index (χ2n) is 4.99. The first-order valence-electron chi connectivity index (χ1n) is 6.63. The third kappa shape index (κ3) is 5.10. The van der Waals surface area contributed by atoms with Gasteiger partial charge in [-0.3, -0.25) is 0 Å². The summed E-state index contributed by atoms with van der Waals surface area (Å²) < 4.78 is -3.74. The van der Waals surface area contributed by atoms with Gasteiger partial charge in [0.05, 0.1) is 0 Å². The molecule has 0 N–H and O–H groups in total. The summed E-state index contributed by atoms with van der Waals surface area (Å²) in [4.78, 5) is 12.3. The molecule has 0 unspecified atom stereocenters. The van der Waals surface area contributed by atoms with Crippen LogP contribution in [-0.2, 0) is 7.59 Å². The van der Waals surface area contributed by atoms with Crippen molar-refractivity contribution in [3.8, 4) is 0 Å². The summed E-state index contributed by atoms with van der Waals surface area (Å²) >= 11 is 35.2. The fourth-order valence-electron chi connectivity index (χ4n) is 1.85. The summed E-state index contributed by atoms with van der Waals surface area (Å²) in [6.07, 6.45) is 1.90. The van der Waals surface area contributed by atoms with Gasteiger partial charge in [0.1, 0.15) is 0 Å². The Morgan fingerprint density at radius 1 is 0.875 bits per heavy atom. The van der Waals surface area contributed by atoms with Crippen LogP contribution < -0.4 is 0 Å².